The quantitative estimate of drug-likeness (QED) is 0.336. The number of carbonyl (C=O) groups excluding carboxylic acids is 1. The lowest BCUT2D eigenvalue weighted by molar-refractivity contribution is -0.138. The van der Waals surface area contributed by atoms with Gasteiger partial charge >= 0.3 is 6.18 Å². The van der Waals surface area contributed by atoms with Crippen LogP contribution in [0, 0.1) is 0 Å². The molecule has 2 N–H and O–H groups in total. The Balaban J connectivity index is 1.79. The number of anilines is 2. The van der Waals surface area contributed by atoms with Gasteiger partial charge in [-0.3, -0.25) is 14.4 Å². The third kappa shape index (κ3) is 6.83. The molecule has 0 radical (unpaired) electrons. The summed E-state index contributed by atoms with van der Waals surface area (Å²) in [6.07, 6.45) is -6.37. The molecule has 1 saturated heterocycles. The van der Waals surface area contributed by atoms with Crippen molar-refractivity contribution in [1.29, 1.82) is 0 Å². The number of piperazine rings is 1. The van der Waals surface area contributed by atoms with Crippen LogP contribution in [0.1, 0.15) is 16.1 Å². The summed E-state index contributed by atoms with van der Waals surface area (Å²) in [5.41, 5.74) is -1.70. The van der Waals surface area contributed by atoms with Crippen LogP contribution in [0.4, 0.5) is 33.3 Å². The molecule has 4 rings (SSSR count). The number of hydrogen-bond acceptors (Lipinski definition) is 6. The van der Waals surface area contributed by atoms with Crippen LogP contribution in [0.5, 0.6) is 11.5 Å². The van der Waals surface area contributed by atoms with Crippen molar-refractivity contribution in [3.8, 4) is 11.5 Å². The van der Waals surface area contributed by atoms with Gasteiger partial charge in [0, 0.05) is 38.4 Å². The number of rotatable bonds is 9. The maximum atomic E-state index is 14.8. The molecule has 0 aliphatic carbocycles. The summed E-state index contributed by atoms with van der Waals surface area (Å²) in [7, 11) is 3.64. The van der Waals surface area contributed by atoms with E-state index in [1.807, 2.05) is 11.9 Å². The van der Waals surface area contributed by atoms with Crippen molar-refractivity contribution < 1.29 is 31.5 Å². The fourth-order valence-corrected chi connectivity index (χ4v) is 4.70. The second kappa shape index (κ2) is 12.4. The van der Waals surface area contributed by atoms with Crippen LogP contribution in [-0.2, 0) is 12.7 Å². The number of aromatic nitrogens is 2. The van der Waals surface area contributed by atoms with Crippen molar-refractivity contribution in [3.05, 3.63) is 64.9 Å². The van der Waals surface area contributed by atoms with Gasteiger partial charge in [0.1, 0.15) is 23.6 Å². The average molecular weight is 587 g/mol. The van der Waals surface area contributed by atoms with E-state index in [1.165, 1.54) is 30.5 Å². The first kappa shape index (κ1) is 29.6. The van der Waals surface area contributed by atoms with Crippen LogP contribution in [0.25, 0.3) is 0 Å². The number of nitrogens with one attached hydrogen (secondary N) is 2. The van der Waals surface area contributed by atoms with Crippen molar-refractivity contribution in [2.75, 3.05) is 50.5 Å². The van der Waals surface area contributed by atoms with Gasteiger partial charge in [0.2, 0.25) is 0 Å². The Hall–Kier alpha value is -3.42. The number of likely N-dealkylation sites (N-methyl/N-ethyl adjacent to an activating group) is 2. The fourth-order valence-electron chi connectivity index (χ4n) is 4.52. The number of benzene rings is 2. The van der Waals surface area contributed by atoms with Crippen molar-refractivity contribution in [1.82, 2.24) is 20.0 Å². The molecule has 0 unspecified atom stereocenters. The van der Waals surface area contributed by atoms with E-state index >= 15 is 0 Å². The van der Waals surface area contributed by atoms with Crippen LogP contribution >= 0.6 is 11.6 Å². The molecule has 1 fully saturated rings. The SMILES string of the molecule is CNC[C@H]1CN(c2c(NC(=O)c3ccn(CC(F)F)n3)ccc(Oc3ccccc3Cl)c2C(F)(F)F)CCN1C. The largest absolute Gasteiger partial charge is 0.455 e. The topological polar surface area (TPSA) is 74.7 Å². The summed E-state index contributed by atoms with van der Waals surface area (Å²) in [5.74, 6) is -1.30. The van der Waals surface area contributed by atoms with Gasteiger partial charge in [0.15, 0.2) is 5.69 Å². The van der Waals surface area contributed by atoms with Crippen LogP contribution in [0.2, 0.25) is 5.02 Å². The third-order valence-electron chi connectivity index (χ3n) is 6.46. The summed E-state index contributed by atoms with van der Waals surface area (Å²) in [4.78, 5) is 16.6. The first-order valence-corrected chi connectivity index (χ1v) is 12.7. The zero-order chi connectivity index (χ0) is 29.0. The monoisotopic (exact) mass is 586 g/mol. The molecule has 40 heavy (non-hydrogen) atoms. The average Bonchev–Trinajstić information content (AvgIpc) is 3.35. The molecule has 1 aliphatic heterocycles. The summed E-state index contributed by atoms with van der Waals surface area (Å²) < 4.78 is 76.4. The van der Waals surface area contributed by atoms with E-state index in [4.69, 9.17) is 16.3 Å². The van der Waals surface area contributed by atoms with Crippen molar-refractivity contribution in [2.45, 2.75) is 25.2 Å². The number of halogens is 6. The van der Waals surface area contributed by atoms with Crippen LogP contribution in [-0.4, -0.2) is 73.3 Å². The van der Waals surface area contributed by atoms with Gasteiger partial charge in [0.05, 0.1) is 16.4 Å². The summed E-state index contributed by atoms with van der Waals surface area (Å²) in [6.45, 7) is 0.722. The predicted molar refractivity (Wildman–Crippen MR) is 142 cm³/mol. The number of carbonyl (C=O) groups is 1. The molecule has 1 atom stereocenters. The van der Waals surface area contributed by atoms with Crippen LogP contribution in [0.15, 0.2) is 48.7 Å². The van der Waals surface area contributed by atoms with E-state index in [0.717, 1.165) is 10.7 Å². The minimum absolute atomic E-state index is 0.0356. The van der Waals surface area contributed by atoms with Gasteiger partial charge < -0.3 is 20.3 Å². The van der Waals surface area contributed by atoms with Gasteiger partial charge in [-0.05, 0) is 44.4 Å². The molecule has 2 heterocycles. The van der Waals surface area contributed by atoms with Gasteiger partial charge in [-0.15, -0.1) is 0 Å². The predicted octanol–water partition coefficient (Wildman–Crippen LogP) is 5.20. The van der Waals surface area contributed by atoms with Gasteiger partial charge in [-0.1, -0.05) is 23.7 Å². The van der Waals surface area contributed by atoms with Gasteiger partial charge in [0.25, 0.3) is 12.3 Å². The Kier molecular flexibility index (Phi) is 9.16. The standard InChI is InChI=1S/C26H28ClF5N6O2/c1-33-13-16-14-37(12-11-36(16)2)24-18(34-25(39)19-9-10-38(35-19)15-22(28)29)7-8-21(23(24)26(30,31)32)40-20-6-4-3-5-17(20)27/h3-10,16,22,33H,11-15H2,1-2H3,(H,34,39)/t16-/m0/s1. The normalized spacial score (nSPS) is 16.4. The Labute approximate surface area is 232 Å². The smallest absolute Gasteiger partial charge is 0.422 e. The van der Waals surface area contributed by atoms with E-state index in [9.17, 15) is 26.7 Å². The number of amides is 1. The molecule has 1 aromatic heterocycles. The Bertz CT molecular complexity index is 1340. The Morgan fingerprint density at radius 2 is 1.90 bits per heavy atom. The van der Waals surface area contributed by atoms with E-state index in [1.54, 1.807) is 24.1 Å². The number of hydrogen-bond donors (Lipinski definition) is 2. The van der Waals surface area contributed by atoms with Crippen molar-refractivity contribution >= 4 is 28.9 Å². The van der Waals surface area contributed by atoms with Crippen molar-refractivity contribution in [3.63, 3.8) is 0 Å². The zero-order valence-electron chi connectivity index (χ0n) is 21.7. The molecule has 0 spiro atoms. The molecule has 2 aromatic carbocycles. The maximum absolute atomic E-state index is 14.8. The minimum atomic E-state index is -4.88. The van der Waals surface area contributed by atoms with Crippen molar-refractivity contribution in [2.24, 2.45) is 0 Å². The van der Waals surface area contributed by atoms with E-state index in [2.05, 4.69) is 15.7 Å². The van der Waals surface area contributed by atoms with E-state index < -0.39 is 36.4 Å². The lowest BCUT2D eigenvalue weighted by Crippen LogP contribution is -2.55. The second-order valence-corrected chi connectivity index (χ2v) is 9.68. The second-order valence-electron chi connectivity index (χ2n) is 9.27. The molecule has 0 bridgehead atoms. The molecular formula is C26H28ClF5N6O2. The molecule has 3 aromatic rings. The number of para-hydroxylation sites is 1. The van der Waals surface area contributed by atoms with Gasteiger partial charge in [-0.25, -0.2) is 8.78 Å². The lowest BCUT2D eigenvalue weighted by atomic mass is 10.0. The molecule has 0 saturated carbocycles. The highest BCUT2D eigenvalue weighted by Crippen LogP contribution is 2.48. The van der Waals surface area contributed by atoms with Gasteiger partial charge in [-0.2, -0.15) is 18.3 Å². The Morgan fingerprint density at radius 1 is 1.15 bits per heavy atom. The number of alkyl halides is 5. The highest BCUT2D eigenvalue weighted by atomic mass is 35.5. The maximum Gasteiger partial charge on any atom is 0.422 e. The third-order valence-corrected chi connectivity index (χ3v) is 6.77. The molecule has 1 aliphatic rings. The highest BCUT2D eigenvalue weighted by molar-refractivity contribution is 6.32. The van der Waals surface area contributed by atoms with Crippen LogP contribution in [0.3, 0.4) is 0 Å². The molecule has 8 nitrogen and oxygen atoms in total. The minimum Gasteiger partial charge on any atom is -0.455 e. The first-order valence-electron chi connectivity index (χ1n) is 12.4. The summed E-state index contributed by atoms with van der Waals surface area (Å²) in [6, 6.07) is 9.68. The van der Waals surface area contributed by atoms with Crippen LogP contribution < -0.4 is 20.3 Å². The van der Waals surface area contributed by atoms with E-state index in [-0.39, 0.29) is 47.0 Å². The lowest BCUT2D eigenvalue weighted by Gasteiger charge is -2.42. The number of ether oxygens (including phenoxy) is 1. The Morgan fingerprint density at radius 3 is 2.58 bits per heavy atom. The fraction of sp³-hybridized carbons (Fsp3) is 0.385. The van der Waals surface area contributed by atoms with E-state index in [0.29, 0.717) is 13.1 Å². The first-order chi connectivity index (χ1) is 19.0. The summed E-state index contributed by atoms with van der Waals surface area (Å²) in [5, 5.41) is 9.52. The molecule has 14 heteroatoms. The number of nitrogens with zero attached hydrogens (tertiary/aromatic N) is 4. The molecular weight excluding hydrogens is 559 g/mol. The highest BCUT2D eigenvalue weighted by Gasteiger charge is 2.42. The summed E-state index contributed by atoms with van der Waals surface area (Å²) >= 11 is 6.16. The molecule has 216 valence electrons. The zero-order valence-corrected chi connectivity index (χ0v) is 22.4. The molecule has 1 amide bonds.